The Morgan fingerprint density at radius 3 is 2.79 bits per heavy atom. The van der Waals surface area contributed by atoms with E-state index in [-0.39, 0.29) is 12.0 Å². The van der Waals surface area contributed by atoms with Crippen molar-refractivity contribution in [3.63, 3.8) is 0 Å². The van der Waals surface area contributed by atoms with E-state index in [4.69, 9.17) is 14.4 Å². The molecule has 0 amide bonds. The van der Waals surface area contributed by atoms with Gasteiger partial charge in [0.05, 0.1) is 12.0 Å². The maximum atomic E-state index is 12.4. The third-order valence-electron chi connectivity index (χ3n) is 3.12. The SMILES string of the molecule is CC(c1nc(CC2CCCO2)no1)C(O)C(F)(F)F. The minimum atomic E-state index is -4.71. The van der Waals surface area contributed by atoms with Crippen LogP contribution in [0.25, 0.3) is 0 Å². The van der Waals surface area contributed by atoms with Crippen LogP contribution < -0.4 is 0 Å². The molecular formula is C11H15F3N2O3. The quantitative estimate of drug-likeness (QED) is 0.911. The van der Waals surface area contributed by atoms with Crippen molar-refractivity contribution < 1.29 is 27.5 Å². The standard InChI is InChI=1S/C11H15F3N2O3/c1-6(9(17)11(12,13)14)10-15-8(16-19-10)5-7-3-2-4-18-7/h6-7,9,17H,2-5H2,1H3. The summed E-state index contributed by atoms with van der Waals surface area (Å²) < 4.78 is 47.2. The van der Waals surface area contributed by atoms with Crippen molar-refractivity contribution in [1.29, 1.82) is 0 Å². The number of ether oxygens (including phenoxy) is 1. The van der Waals surface area contributed by atoms with E-state index in [1.54, 1.807) is 0 Å². The first-order valence-electron chi connectivity index (χ1n) is 6.07. The molecule has 5 nitrogen and oxygen atoms in total. The van der Waals surface area contributed by atoms with Gasteiger partial charge in [0.1, 0.15) is 0 Å². The highest BCUT2D eigenvalue weighted by molar-refractivity contribution is 4.98. The number of aromatic nitrogens is 2. The maximum Gasteiger partial charge on any atom is 0.415 e. The second-order valence-electron chi connectivity index (χ2n) is 4.66. The molecule has 0 radical (unpaired) electrons. The van der Waals surface area contributed by atoms with E-state index in [2.05, 4.69) is 10.1 Å². The van der Waals surface area contributed by atoms with Gasteiger partial charge in [0, 0.05) is 13.0 Å². The molecule has 0 saturated carbocycles. The first-order valence-corrected chi connectivity index (χ1v) is 6.07. The third-order valence-corrected chi connectivity index (χ3v) is 3.12. The smallest absolute Gasteiger partial charge is 0.383 e. The van der Waals surface area contributed by atoms with E-state index in [9.17, 15) is 13.2 Å². The molecule has 0 aromatic carbocycles. The van der Waals surface area contributed by atoms with Crippen LogP contribution in [-0.2, 0) is 11.2 Å². The van der Waals surface area contributed by atoms with Crippen molar-refractivity contribution in [2.45, 2.75) is 50.5 Å². The third kappa shape index (κ3) is 3.44. The largest absolute Gasteiger partial charge is 0.415 e. The number of rotatable bonds is 4. The average molecular weight is 280 g/mol. The van der Waals surface area contributed by atoms with E-state index >= 15 is 0 Å². The minimum absolute atomic E-state index is 0.00621. The number of hydrogen-bond acceptors (Lipinski definition) is 5. The van der Waals surface area contributed by atoms with Gasteiger partial charge in [-0.05, 0) is 12.8 Å². The highest BCUT2D eigenvalue weighted by atomic mass is 19.4. The Balaban J connectivity index is 1.99. The molecule has 2 rings (SSSR count). The normalized spacial score (nSPS) is 23.5. The van der Waals surface area contributed by atoms with Gasteiger partial charge in [-0.15, -0.1) is 0 Å². The van der Waals surface area contributed by atoms with Crippen LogP contribution in [0.15, 0.2) is 4.52 Å². The van der Waals surface area contributed by atoms with Crippen molar-refractivity contribution in [1.82, 2.24) is 10.1 Å². The van der Waals surface area contributed by atoms with Gasteiger partial charge in [-0.2, -0.15) is 18.2 Å². The van der Waals surface area contributed by atoms with E-state index in [0.717, 1.165) is 12.8 Å². The predicted octanol–water partition coefficient (Wildman–Crippen LogP) is 1.82. The lowest BCUT2D eigenvalue weighted by Gasteiger charge is -2.18. The summed E-state index contributed by atoms with van der Waals surface area (Å²) in [4.78, 5) is 3.89. The molecule has 1 fully saturated rings. The summed E-state index contributed by atoms with van der Waals surface area (Å²) >= 11 is 0. The fourth-order valence-corrected chi connectivity index (χ4v) is 1.96. The molecule has 3 atom stereocenters. The second-order valence-corrected chi connectivity index (χ2v) is 4.66. The monoisotopic (exact) mass is 280 g/mol. The topological polar surface area (TPSA) is 68.4 Å². The molecule has 0 aliphatic carbocycles. The fraction of sp³-hybridized carbons (Fsp3) is 0.818. The number of nitrogens with zero attached hydrogens (tertiary/aromatic N) is 2. The van der Waals surface area contributed by atoms with Gasteiger partial charge in [-0.3, -0.25) is 0 Å². The molecule has 1 N–H and O–H groups in total. The highest BCUT2D eigenvalue weighted by Gasteiger charge is 2.44. The van der Waals surface area contributed by atoms with Crippen LogP contribution in [0.2, 0.25) is 0 Å². The van der Waals surface area contributed by atoms with E-state index in [0.29, 0.717) is 18.9 Å². The zero-order valence-corrected chi connectivity index (χ0v) is 10.4. The van der Waals surface area contributed by atoms with Gasteiger partial charge in [0.25, 0.3) is 0 Å². The van der Waals surface area contributed by atoms with Crippen LogP contribution in [0.3, 0.4) is 0 Å². The van der Waals surface area contributed by atoms with Crippen molar-refractivity contribution in [3.8, 4) is 0 Å². The van der Waals surface area contributed by atoms with Gasteiger partial charge in [-0.1, -0.05) is 12.1 Å². The zero-order valence-electron chi connectivity index (χ0n) is 10.4. The summed E-state index contributed by atoms with van der Waals surface area (Å²) in [7, 11) is 0. The number of halogens is 3. The zero-order chi connectivity index (χ0) is 14.0. The molecule has 1 aromatic heterocycles. The van der Waals surface area contributed by atoms with Crippen LogP contribution in [0.4, 0.5) is 13.2 Å². The van der Waals surface area contributed by atoms with Crippen LogP contribution in [-0.4, -0.2) is 40.2 Å². The molecule has 1 aliphatic rings. The molecule has 8 heteroatoms. The fourth-order valence-electron chi connectivity index (χ4n) is 1.96. The Labute approximate surface area is 107 Å². The van der Waals surface area contributed by atoms with Gasteiger partial charge in [0.2, 0.25) is 5.89 Å². The van der Waals surface area contributed by atoms with Crippen LogP contribution in [0.5, 0.6) is 0 Å². The lowest BCUT2D eigenvalue weighted by atomic mass is 10.0. The molecule has 19 heavy (non-hydrogen) atoms. The van der Waals surface area contributed by atoms with Crippen molar-refractivity contribution in [3.05, 3.63) is 11.7 Å². The van der Waals surface area contributed by atoms with Crippen molar-refractivity contribution in [2.75, 3.05) is 6.61 Å². The Morgan fingerprint density at radius 1 is 1.47 bits per heavy atom. The number of aliphatic hydroxyl groups is 1. The lowest BCUT2D eigenvalue weighted by molar-refractivity contribution is -0.210. The highest BCUT2D eigenvalue weighted by Crippen LogP contribution is 2.30. The molecule has 1 saturated heterocycles. The molecule has 3 unspecified atom stereocenters. The Morgan fingerprint density at radius 2 is 2.21 bits per heavy atom. The first kappa shape index (κ1) is 14.3. The van der Waals surface area contributed by atoms with E-state index < -0.39 is 18.2 Å². The summed E-state index contributed by atoms with van der Waals surface area (Å²) in [6, 6.07) is 0. The molecule has 0 spiro atoms. The molecule has 2 heterocycles. The van der Waals surface area contributed by atoms with Crippen LogP contribution >= 0.6 is 0 Å². The average Bonchev–Trinajstić information content (AvgIpc) is 2.98. The van der Waals surface area contributed by atoms with E-state index in [1.807, 2.05) is 0 Å². The van der Waals surface area contributed by atoms with E-state index in [1.165, 1.54) is 6.92 Å². The Hall–Kier alpha value is -1.15. The number of alkyl halides is 3. The molecule has 108 valence electrons. The van der Waals surface area contributed by atoms with Crippen LogP contribution in [0.1, 0.15) is 37.4 Å². The summed E-state index contributed by atoms with van der Waals surface area (Å²) in [6.07, 6.45) is -4.97. The number of aliphatic hydroxyl groups excluding tert-OH is 1. The molecule has 1 aliphatic heterocycles. The summed E-state index contributed by atoms with van der Waals surface area (Å²) in [5.41, 5.74) is 0. The summed E-state index contributed by atoms with van der Waals surface area (Å²) in [5.74, 6) is -1.19. The van der Waals surface area contributed by atoms with Gasteiger partial charge in [-0.25, -0.2) is 0 Å². The minimum Gasteiger partial charge on any atom is -0.383 e. The second kappa shape index (κ2) is 5.46. The summed E-state index contributed by atoms with van der Waals surface area (Å²) in [5, 5.41) is 12.7. The first-order chi connectivity index (χ1) is 8.88. The molecule has 0 bridgehead atoms. The van der Waals surface area contributed by atoms with Crippen LogP contribution in [0, 0.1) is 0 Å². The maximum absolute atomic E-state index is 12.4. The summed E-state index contributed by atoms with van der Waals surface area (Å²) in [6.45, 7) is 1.88. The molecular weight excluding hydrogens is 265 g/mol. The Bertz CT molecular complexity index is 416. The number of hydrogen-bond donors (Lipinski definition) is 1. The molecule has 1 aromatic rings. The van der Waals surface area contributed by atoms with Gasteiger partial charge < -0.3 is 14.4 Å². The van der Waals surface area contributed by atoms with Gasteiger partial charge in [0.15, 0.2) is 11.9 Å². The van der Waals surface area contributed by atoms with Crippen molar-refractivity contribution in [2.24, 2.45) is 0 Å². The van der Waals surface area contributed by atoms with Gasteiger partial charge >= 0.3 is 6.18 Å². The lowest BCUT2D eigenvalue weighted by Crippen LogP contribution is -2.33. The van der Waals surface area contributed by atoms with Crippen molar-refractivity contribution >= 4 is 0 Å². The predicted molar refractivity (Wildman–Crippen MR) is 57.5 cm³/mol. The Kier molecular flexibility index (Phi) is 4.10.